The molecule has 0 aromatic carbocycles. The van der Waals surface area contributed by atoms with Crippen LogP contribution in [0, 0.1) is 0 Å². The molecule has 0 saturated heterocycles. The van der Waals surface area contributed by atoms with Gasteiger partial charge in [0, 0.05) is 0 Å². The van der Waals surface area contributed by atoms with E-state index in [9.17, 15) is 0 Å². The minimum atomic E-state index is -0.157. The van der Waals surface area contributed by atoms with Crippen LogP contribution in [0.25, 0.3) is 0 Å². The van der Waals surface area contributed by atoms with E-state index in [4.69, 9.17) is 5.73 Å². The number of rotatable bonds is 2. The fourth-order valence-electron chi connectivity index (χ4n) is 0.209. The molecule has 38 valence electrons. The van der Waals surface area contributed by atoms with Gasteiger partial charge in [-0.3, -0.25) is 5.32 Å². The molecule has 3 N–H and O–H groups in total. The molecule has 0 rings (SSSR count). The Morgan fingerprint density at radius 2 is 2.50 bits per heavy atom. The number of hydrogen-bond acceptors (Lipinski definition) is 3. The third-order valence-corrected chi connectivity index (χ3v) is 0.596. The molecule has 0 aromatic rings. The lowest BCUT2D eigenvalue weighted by molar-refractivity contribution is 0.702. The fraction of sp³-hybridized carbons (Fsp3) is 1.00. The molecule has 0 bridgehead atoms. The zero-order valence-corrected chi connectivity index (χ0v) is 4.70. The summed E-state index contributed by atoms with van der Waals surface area (Å²) in [5, 5.41) is 2.85. The standard InChI is InChI=1S/C3H10N2S/c1-2-5-3(4)6/h3,5-6H,2,4H2,1H3. The molecular weight excluding hydrogens is 96.1 g/mol. The van der Waals surface area contributed by atoms with Crippen molar-refractivity contribution in [2.45, 2.75) is 12.4 Å². The molecule has 0 saturated carbocycles. The van der Waals surface area contributed by atoms with Gasteiger partial charge in [-0.1, -0.05) is 6.92 Å². The summed E-state index contributed by atoms with van der Waals surface area (Å²) in [6.45, 7) is 2.86. The lowest BCUT2D eigenvalue weighted by atomic mass is 10.8. The molecule has 2 nitrogen and oxygen atoms in total. The maximum Gasteiger partial charge on any atom is 0.1000 e. The van der Waals surface area contributed by atoms with Crippen molar-refractivity contribution in [1.82, 2.24) is 5.32 Å². The first kappa shape index (κ1) is 6.27. The molecule has 0 fully saturated rings. The van der Waals surface area contributed by atoms with Crippen LogP contribution in [0.1, 0.15) is 6.92 Å². The minimum Gasteiger partial charge on any atom is -0.308 e. The molecule has 6 heavy (non-hydrogen) atoms. The fourth-order valence-corrected chi connectivity index (χ4v) is 0.392. The van der Waals surface area contributed by atoms with E-state index in [-0.39, 0.29) is 5.50 Å². The highest BCUT2D eigenvalue weighted by molar-refractivity contribution is 7.80. The number of thiol groups is 1. The van der Waals surface area contributed by atoms with Crippen molar-refractivity contribution in [3.05, 3.63) is 0 Å². The Labute approximate surface area is 43.5 Å². The summed E-state index contributed by atoms with van der Waals surface area (Å²) in [7, 11) is 0. The molecule has 0 aliphatic carbocycles. The first-order valence-corrected chi connectivity index (χ1v) is 2.46. The van der Waals surface area contributed by atoms with Gasteiger partial charge in [0.15, 0.2) is 0 Å². The van der Waals surface area contributed by atoms with Crippen molar-refractivity contribution in [3.63, 3.8) is 0 Å². The Morgan fingerprint density at radius 1 is 2.00 bits per heavy atom. The van der Waals surface area contributed by atoms with Crippen molar-refractivity contribution in [1.29, 1.82) is 0 Å². The number of nitrogens with two attached hydrogens (primary N) is 1. The zero-order chi connectivity index (χ0) is 4.99. The van der Waals surface area contributed by atoms with Crippen molar-refractivity contribution in [2.75, 3.05) is 6.54 Å². The van der Waals surface area contributed by atoms with E-state index in [1.165, 1.54) is 0 Å². The summed E-state index contributed by atoms with van der Waals surface area (Å²) in [6, 6.07) is 0. The summed E-state index contributed by atoms with van der Waals surface area (Å²) in [6.07, 6.45) is 0. The largest absolute Gasteiger partial charge is 0.308 e. The van der Waals surface area contributed by atoms with Gasteiger partial charge in [-0.25, -0.2) is 0 Å². The monoisotopic (exact) mass is 106 g/mol. The Morgan fingerprint density at radius 3 is 2.50 bits per heavy atom. The second-order valence-corrected chi connectivity index (χ2v) is 1.56. The van der Waals surface area contributed by atoms with Gasteiger partial charge >= 0.3 is 0 Å². The Balaban J connectivity index is 2.63. The van der Waals surface area contributed by atoms with E-state index in [0.29, 0.717) is 0 Å². The highest BCUT2D eigenvalue weighted by Crippen LogP contribution is 1.71. The summed E-state index contributed by atoms with van der Waals surface area (Å²) in [5.74, 6) is 0. The molecule has 0 aliphatic heterocycles. The topological polar surface area (TPSA) is 38.0 Å². The van der Waals surface area contributed by atoms with Crippen LogP contribution >= 0.6 is 12.6 Å². The van der Waals surface area contributed by atoms with Crippen LogP contribution in [0.4, 0.5) is 0 Å². The molecule has 0 aliphatic rings. The molecule has 3 heteroatoms. The molecular formula is C3H10N2S. The molecule has 1 atom stereocenters. The third-order valence-electron chi connectivity index (χ3n) is 0.413. The van der Waals surface area contributed by atoms with Gasteiger partial charge in [0.25, 0.3) is 0 Å². The van der Waals surface area contributed by atoms with Gasteiger partial charge in [0.2, 0.25) is 0 Å². The summed E-state index contributed by atoms with van der Waals surface area (Å²) >= 11 is 3.84. The maximum atomic E-state index is 5.16. The van der Waals surface area contributed by atoms with Gasteiger partial charge < -0.3 is 5.73 Å². The zero-order valence-electron chi connectivity index (χ0n) is 3.81. The van der Waals surface area contributed by atoms with Gasteiger partial charge in [-0.05, 0) is 6.54 Å². The molecule has 0 heterocycles. The van der Waals surface area contributed by atoms with Crippen LogP contribution < -0.4 is 11.1 Å². The molecule has 0 spiro atoms. The molecule has 0 radical (unpaired) electrons. The van der Waals surface area contributed by atoms with E-state index >= 15 is 0 Å². The Bertz CT molecular complexity index is 30.0. The number of hydrogen-bond donors (Lipinski definition) is 3. The van der Waals surface area contributed by atoms with E-state index in [1.54, 1.807) is 0 Å². The Hall–Kier alpha value is 0.270. The first-order chi connectivity index (χ1) is 2.77. The van der Waals surface area contributed by atoms with Gasteiger partial charge in [0.05, 0.1) is 5.50 Å². The summed E-state index contributed by atoms with van der Waals surface area (Å²) < 4.78 is 0. The number of nitrogens with one attached hydrogen (secondary N) is 1. The highest BCUT2D eigenvalue weighted by Gasteiger charge is 1.82. The van der Waals surface area contributed by atoms with E-state index in [2.05, 4.69) is 17.9 Å². The summed E-state index contributed by atoms with van der Waals surface area (Å²) in [5.41, 5.74) is 5.00. The Kier molecular flexibility index (Phi) is 3.62. The quantitative estimate of drug-likeness (QED) is 0.336. The predicted molar refractivity (Wildman–Crippen MR) is 30.6 cm³/mol. The molecule has 0 amide bonds. The van der Waals surface area contributed by atoms with Crippen LogP contribution in [-0.2, 0) is 0 Å². The van der Waals surface area contributed by atoms with Gasteiger partial charge in [-0.15, -0.1) is 12.6 Å². The molecule has 0 aromatic heterocycles. The lowest BCUT2D eigenvalue weighted by Gasteiger charge is -2.00. The first-order valence-electron chi connectivity index (χ1n) is 1.94. The second-order valence-electron chi connectivity index (χ2n) is 1.00. The van der Waals surface area contributed by atoms with Crippen molar-refractivity contribution < 1.29 is 0 Å². The normalized spacial score (nSPS) is 14.5. The average molecular weight is 106 g/mol. The average Bonchev–Trinajstić information content (AvgIpc) is 1.35. The molecule has 1 unspecified atom stereocenters. The van der Waals surface area contributed by atoms with Crippen LogP contribution in [0.5, 0.6) is 0 Å². The SMILES string of the molecule is CCNC(N)S. The van der Waals surface area contributed by atoms with Gasteiger partial charge in [-0.2, -0.15) is 0 Å². The van der Waals surface area contributed by atoms with Crippen molar-refractivity contribution >= 4 is 12.6 Å². The predicted octanol–water partition coefficient (Wildman–Crippen LogP) is -0.232. The van der Waals surface area contributed by atoms with Gasteiger partial charge in [0.1, 0.15) is 0 Å². The summed E-state index contributed by atoms with van der Waals surface area (Å²) in [4.78, 5) is 0. The van der Waals surface area contributed by atoms with Crippen LogP contribution in [0.2, 0.25) is 0 Å². The maximum absolute atomic E-state index is 5.16. The van der Waals surface area contributed by atoms with E-state index < -0.39 is 0 Å². The highest BCUT2D eigenvalue weighted by atomic mass is 32.1. The van der Waals surface area contributed by atoms with Crippen molar-refractivity contribution in [3.8, 4) is 0 Å². The van der Waals surface area contributed by atoms with Crippen LogP contribution in [-0.4, -0.2) is 12.0 Å². The smallest absolute Gasteiger partial charge is 0.1000 e. The third kappa shape index (κ3) is 4.27. The van der Waals surface area contributed by atoms with E-state index in [1.807, 2.05) is 6.92 Å². The minimum absolute atomic E-state index is 0.157. The van der Waals surface area contributed by atoms with E-state index in [0.717, 1.165) is 6.54 Å². The second kappa shape index (κ2) is 3.46. The van der Waals surface area contributed by atoms with Crippen LogP contribution in [0.3, 0.4) is 0 Å². The lowest BCUT2D eigenvalue weighted by Crippen LogP contribution is -2.31. The van der Waals surface area contributed by atoms with Crippen LogP contribution in [0.15, 0.2) is 0 Å². The van der Waals surface area contributed by atoms with Crippen molar-refractivity contribution in [2.24, 2.45) is 5.73 Å².